The summed E-state index contributed by atoms with van der Waals surface area (Å²) in [6, 6.07) is 11.5. The number of ether oxygens (including phenoxy) is 1. The molecule has 1 amide bonds. The van der Waals surface area contributed by atoms with Gasteiger partial charge in [-0.1, -0.05) is 6.07 Å². The molecule has 1 heterocycles. The lowest BCUT2D eigenvalue weighted by Crippen LogP contribution is -2.13. The molecule has 0 saturated carbocycles. The molecule has 0 aliphatic heterocycles. The molecular formula is C19H22N4O3. The van der Waals surface area contributed by atoms with E-state index in [2.05, 4.69) is 15.6 Å². The molecule has 3 rings (SSSR count). The largest absolute Gasteiger partial charge is 0.494 e. The molecule has 0 spiro atoms. The molecule has 0 fully saturated rings. The summed E-state index contributed by atoms with van der Waals surface area (Å²) in [4.78, 5) is 16.3. The molecule has 0 saturated heterocycles. The number of aryl methyl sites for hydroxylation is 1. The van der Waals surface area contributed by atoms with Gasteiger partial charge >= 0.3 is 0 Å². The molecule has 7 nitrogen and oxygen atoms in total. The zero-order valence-corrected chi connectivity index (χ0v) is 14.8. The summed E-state index contributed by atoms with van der Waals surface area (Å²) in [6.07, 6.45) is 1.04. The summed E-state index contributed by atoms with van der Waals surface area (Å²) in [5, 5.41) is 5.94. The molecule has 7 heteroatoms. The molecule has 0 bridgehead atoms. The Labute approximate surface area is 151 Å². The second-order valence-corrected chi connectivity index (χ2v) is 5.97. The first kappa shape index (κ1) is 17.8. The van der Waals surface area contributed by atoms with E-state index >= 15 is 0 Å². The van der Waals surface area contributed by atoms with Crippen molar-refractivity contribution >= 4 is 34.4 Å². The number of hydrogen-bond donors (Lipinski definition) is 3. The van der Waals surface area contributed by atoms with E-state index in [0.29, 0.717) is 48.1 Å². The van der Waals surface area contributed by atoms with E-state index in [0.717, 1.165) is 11.1 Å². The fourth-order valence-electron chi connectivity index (χ4n) is 2.56. The highest BCUT2D eigenvalue weighted by Gasteiger charge is 2.11. The number of oxazole rings is 1. The Morgan fingerprint density at radius 3 is 2.88 bits per heavy atom. The van der Waals surface area contributed by atoms with E-state index < -0.39 is 0 Å². The van der Waals surface area contributed by atoms with Crippen LogP contribution in [0.3, 0.4) is 0 Å². The van der Waals surface area contributed by atoms with Crippen LogP contribution >= 0.6 is 0 Å². The summed E-state index contributed by atoms with van der Waals surface area (Å²) in [6.45, 7) is 2.49. The number of fused-ring (bicyclic) bond motifs is 1. The van der Waals surface area contributed by atoms with Crippen LogP contribution < -0.4 is 21.1 Å². The minimum Gasteiger partial charge on any atom is -0.494 e. The fraction of sp³-hybridized carbons (Fsp3) is 0.263. The topological polar surface area (TPSA) is 102 Å². The Kier molecular flexibility index (Phi) is 5.38. The molecule has 0 unspecified atom stereocenters. The Bertz CT molecular complexity index is 920. The molecule has 2 aromatic carbocycles. The van der Waals surface area contributed by atoms with Gasteiger partial charge < -0.3 is 25.5 Å². The van der Waals surface area contributed by atoms with Gasteiger partial charge in [-0.2, -0.15) is 4.98 Å². The van der Waals surface area contributed by atoms with Crippen molar-refractivity contribution in [2.45, 2.75) is 19.8 Å². The first-order valence-corrected chi connectivity index (χ1v) is 8.41. The van der Waals surface area contributed by atoms with Crippen molar-refractivity contribution in [3.05, 3.63) is 42.0 Å². The second-order valence-electron chi connectivity index (χ2n) is 5.97. The lowest BCUT2D eigenvalue weighted by Gasteiger charge is -2.11. The molecule has 4 N–H and O–H groups in total. The number of amides is 1. The maximum atomic E-state index is 11.8. The predicted molar refractivity (Wildman–Crippen MR) is 102 cm³/mol. The van der Waals surface area contributed by atoms with E-state index in [9.17, 15) is 4.79 Å². The van der Waals surface area contributed by atoms with Gasteiger partial charge in [-0.05, 0) is 49.7 Å². The number of methoxy groups -OCH3 is 1. The molecular weight excluding hydrogens is 332 g/mol. The van der Waals surface area contributed by atoms with Crippen LogP contribution in [0.1, 0.15) is 18.4 Å². The van der Waals surface area contributed by atoms with Gasteiger partial charge in [-0.3, -0.25) is 4.79 Å². The number of hydrogen-bond acceptors (Lipinski definition) is 6. The third kappa shape index (κ3) is 4.12. The Morgan fingerprint density at radius 2 is 2.12 bits per heavy atom. The smallest absolute Gasteiger partial charge is 0.300 e. The van der Waals surface area contributed by atoms with E-state index in [1.54, 1.807) is 25.3 Å². The van der Waals surface area contributed by atoms with Crippen LogP contribution in [0.2, 0.25) is 0 Å². The lowest BCUT2D eigenvalue weighted by atomic mass is 10.2. The number of anilines is 3. The summed E-state index contributed by atoms with van der Waals surface area (Å²) < 4.78 is 11.1. The first-order chi connectivity index (χ1) is 12.6. The van der Waals surface area contributed by atoms with Gasteiger partial charge in [-0.15, -0.1) is 0 Å². The number of nitrogens with two attached hydrogens (primary N) is 1. The van der Waals surface area contributed by atoms with Crippen molar-refractivity contribution in [2.24, 2.45) is 5.73 Å². The summed E-state index contributed by atoms with van der Waals surface area (Å²) >= 11 is 0. The molecule has 136 valence electrons. The normalized spacial score (nSPS) is 10.7. The Balaban J connectivity index is 1.77. The van der Waals surface area contributed by atoms with Crippen molar-refractivity contribution < 1.29 is 13.9 Å². The molecule has 0 aliphatic rings. The standard InChI is InChI=1S/C19H22N4O3/c1-12-5-8-16-15(10-12)23-19(26-16)22-14-7-6-13(11-17(14)25-2)21-18(24)4-3-9-20/h5-8,10-11H,3-4,9,20H2,1-2H3,(H,21,24)(H,22,23). The van der Waals surface area contributed by atoms with E-state index in [-0.39, 0.29) is 5.91 Å². The van der Waals surface area contributed by atoms with Gasteiger partial charge in [0.1, 0.15) is 11.3 Å². The highest BCUT2D eigenvalue weighted by atomic mass is 16.5. The van der Waals surface area contributed by atoms with Crippen LogP contribution in [-0.4, -0.2) is 24.5 Å². The van der Waals surface area contributed by atoms with Crippen LogP contribution in [0.25, 0.3) is 11.1 Å². The van der Waals surface area contributed by atoms with Crippen LogP contribution in [0, 0.1) is 6.92 Å². The lowest BCUT2D eigenvalue weighted by molar-refractivity contribution is -0.116. The number of nitrogens with zero attached hydrogens (tertiary/aromatic N) is 1. The summed E-state index contributed by atoms with van der Waals surface area (Å²) in [5.74, 6) is 0.493. The molecule has 0 atom stereocenters. The van der Waals surface area contributed by atoms with Gasteiger partial charge in [0.15, 0.2) is 5.58 Å². The molecule has 0 aliphatic carbocycles. The van der Waals surface area contributed by atoms with Crippen LogP contribution in [0.5, 0.6) is 5.75 Å². The van der Waals surface area contributed by atoms with Gasteiger partial charge in [0.05, 0.1) is 12.8 Å². The first-order valence-electron chi connectivity index (χ1n) is 8.41. The van der Waals surface area contributed by atoms with E-state index in [1.807, 2.05) is 25.1 Å². The number of carbonyl (C=O) groups is 1. The molecule has 1 aromatic heterocycles. The van der Waals surface area contributed by atoms with Crippen molar-refractivity contribution in [2.75, 3.05) is 24.3 Å². The quantitative estimate of drug-likeness (QED) is 0.599. The number of rotatable bonds is 7. The van der Waals surface area contributed by atoms with Crippen LogP contribution in [0.15, 0.2) is 40.8 Å². The third-order valence-electron chi connectivity index (χ3n) is 3.88. The fourth-order valence-corrected chi connectivity index (χ4v) is 2.56. The summed E-state index contributed by atoms with van der Waals surface area (Å²) in [5.41, 5.74) is 9.38. The van der Waals surface area contributed by atoms with Gasteiger partial charge in [0, 0.05) is 18.2 Å². The highest BCUT2D eigenvalue weighted by molar-refractivity contribution is 5.91. The van der Waals surface area contributed by atoms with Crippen molar-refractivity contribution in [3.8, 4) is 5.75 Å². The van der Waals surface area contributed by atoms with E-state index in [4.69, 9.17) is 14.9 Å². The van der Waals surface area contributed by atoms with Crippen LogP contribution in [-0.2, 0) is 4.79 Å². The minimum atomic E-state index is -0.0764. The predicted octanol–water partition coefficient (Wildman–Crippen LogP) is 3.57. The van der Waals surface area contributed by atoms with Crippen LogP contribution in [0.4, 0.5) is 17.4 Å². The monoisotopic (exact) mass is 354 g/mol. The molecule has 26 heavy (non-hydrogen) atoms. The zero-order chi connectivity index (χ0) is 18.5. The Hall–Kier alpha value is -3.06. The highest BCUT2D eigenvalue weighted by Crippen LogP contribution is 2.31. The number of carbonyl (C=O) groups excluding carboxylic acids is 1. The third-order valence-corrected chi connectivity index (χ3v) is 3.88. The summed E-state index contributed by atoms with van der Waals surface area (Å²) in [7, 11) is 1.57. The van der Waals surface area contributed by atoms with Gasteiger partial charge in [-0.25, -0.2) is 0 Å². The maximum absolute atomic E-state index is 11.8. The number of aromatic nitrogens is 1. The zero-order valence-electron chi connectivity index (χ0n) is 14.8. The minimum absolute atomic E-state index is 0.0764. The van der Waals surface area contributed by atoms with Gasteiger partial charge in [0.25, 0.3) is 6.01 Å². The number of benzene rings is 2. The SMILES string of the molecule is COc1cc(NC(=O)CCCN)ccc1Nc1nc2cc(C)ccc2o1. The van der Waals surface area contributed by atoms with Crippen molar-refractivity contribution in [3.63, 3.8) is 0 Å². The Morgan fingerprint density at radius 1 is 1.27 bits per heavy atom. The van der Waals surface area contributed by atoms with E-state index in [1.165, 1.54) is 0 Å². The van der Waals surface area contributed by atoms with Gasteiger partial charge in [0.2, 0.25) is 5.91 Å². The molecule has 3 aromatic rings. The average molecular weight is 354 g/mol. The van der Waals surface area contributed by atoms with Crippen molar-refractivity contribution in [1.29, 1.82) is 0 Å². The second kappa shape index (κ2) is 7.88. The number of nitrogens with one attached hydrogen (secondary N) is 2. The average Bonchev–Trinajstić information content (AvgIpc) is 3.02. The maximum Gasteiger partial charge on any atom is 0.300 e. The molecule has 0 radical (unpaired) electrons. The van der Waals surface area contributed by atoms with Crippen molar-refractivity contribution in [1.82, 2.24) is 4.98 Å².